The highest BCUT2D eigenvalue weighted by Crippen LogP contribution is 2.21. The van der Waals surface area contributed by atoms with Crippen molar-refractivity contribution in [2.75, 3.05) is 19.8 Å². The molecular weight excluding hydrogens is 228 g/mol. The molecule has 0 fully saturated rings. The lowest BCUT2D eigenvalue weighted by atomic mass is 9.99. The van der Waals surface area contributed by atoms with Crippen LogP contribution in [0.4, 0.5) is 0 Å². The molecule has 0 radical (unpaired) electrons. The summed E-state index contributed by atoms with van der Waals surface area (Å²) in [6.45, 7) is 3.73. The average Bonchev–Trinajstić information content (AvgIpc) is 2.41. The molecule has 2 rings (SSSR count). The SMILES string of the molecule is CCOC(=O)Cc1ccc(C2=CCOCC2)cc1. The normalized spacial score (nSPS) is 15.1. The first-order chi connectivity index (χ1) is 8.79. The Morgan fingerprint density at radius 2 is 2.11 bits per heavy atom. The van der Waals surface area contributed by atoms with Crippen LogP contribution >= 0.6 is 0 Å². The van der Waals surface area contributed by atoms with Crippen LogP contribution in [0.1, 0.15) is 24.5 Å². The van der Waals surface area contributed by atoms with Gasteiger partial charge in [-0.1, -0.05) is 30.3 Å². The topological polar surface area (TPSA) is 35.5 Å². The molecule has 0 spiro atoms. The maximum absolute atomic E-state index is 11.3. The number of rotatable bonds is 4. The van der Waals surface area contributed by atoms with E-state index in [1.165, 1.54) is 11.1 Å². The summed E-state index contributed by atoms with van der Waals surface area (Å²) < 4.78 is 10.2. The first kappa shape index (κ1) is 12.8. The molecule has 1 aliphatic heterocycles. The van der Waals surface area contributed by atoms with E-state index in [1.54, 1.807) is 0 Å². The first-order valence-electron chi connectivity index (χ1n) is 6.31. The van der Waals surface area contributed by atoms with Gasteiger partial charge in [0.25, 0.3) is 0 Å². The summed E-state index contributed by atoms with van der Waals surface area (Å²) in [5.41, 5.74) is 3.53. The molecule has 3 nitrogen and oxygen atoms in total. The van der Waals surface area contributed by atoms with Gasteiger partial charge < -0.3 is 9.47 Å². The van der Waals surface area contributed by atoms with E-state index >= 15 is 0 Å². The number of benzene rings is 1. The molecule has 0 amide bonds. The average molecular weight is 246 g/mol. The van der Waals surface area contributed by atoms with E-state index in [0.717, 1.165) is 18.6 Å². The summed E-state index contributed by atoms with van der Waals surface area (Å²) in [7, 11) is 0. The number of esters is 1. The van der Waals surface area contributed by atoms with Gasteiger partial charge in [0.15, 0.2) is 0 Å². The molecule has 0 aromatic heterocycles. The molecule has 0 atom stereocenters. The lowest BCUT2D eigenvalue weighted by Gasteiger charge is -2.14. The highest BCUT2D eigenvalue weighted by molar-refractivity contribution is 5.73. The highest BCUT2D eigenvalue weighted by Gasteiger charge is 2.07. The Kier molecular flexibility index (Phi) is 4.53. The van der Waals surface area contributed by atoms with Gasteiger partial charge in [-0.3, -0.25) is 4.79 Å². The van der Waals surface area contributed by atoms with E-state index in [2.05, 4.69) is 18.2 Å². The van der Waals surface area contributed by atoms with Gasteiger partial charge in [-0.15, -0.1) is 0 Å². The van der Waals surface area contributed by atoms with Gasteiger partial charge in [0.05, 0.1) is 26.2 Å². The number of ether oxygens (including phenoxy) is 2. The lowest BCUT2D eigenvalue weighted by Crippen LogP contribution is -2.07. The minimum absolute atomic E-state index is 0.171. The van der Waals surface area contributed by atoms with Gasteiger partial charge in [-0.25, -0.2) is 0 Å². The van der Waals surface area contributed by atoms with Crippen LogP contribution in [0.25, 0.3) is 5.57 Å². The van der Waals surface area contributed by atoms with E-state index < -0.39 is 0 Å². The fourth-order valence-corrected chi connectivity index (χ4v) is 2.00. The van der Waals surface area contributed by atoms with Crippen molar-refractivity contribution in [2.45, 2.75) is 19.8 Å². The maximum atomic E-state index is 11.3. The molecule has 0 unspecified atom stereocenters. The molecule has 1 aromatic rings. The van der Waals surface area contributed by atoms with Crippen LogP contribution in [0.15, 0.2) is 30.3 Å². The summed E-state index contributed by atoms with van der Waals surface area (Å²) in [5.74, 6) is -0.171. The predicted molar refractivity (Wildman–Crippen MR) is 70.2 cm³/mol. The van der Waals surface area contributed by atoms with Crippen LogP contribution in [-0.2, 0) is 20.7 Å². The van der Waals surface area contributed by atoms with Gasteiger partial charge in [0, 0.05) is 0 Å². The number of hydrogen-bond acceptors (Lipinski definition) is 3. The molecule has 0 N–H and O–H groups in total. The zero-order chi connectivity index (χ0) is 12.8. The van der Waals surface area contributed by atoms with Gasteiger partial charge in [0.2, 0.25) is 0 Å². The Morgan fingerprint density at radius 1 is 1.33 bits per heavy atom. The third-order valence-electron chi connectivity index (χ3n) is 2.94. The predicted octanol–water partition coefficient (Wildman–Crippen LogP) is 2.60. The number of carbonyl (C=O) groups is 1. The van der Waals surface area contributed by atoms with Crippen molar-refractivity contribution in [1.82, 2.24) is 0 Å². The van der Waals surface area contributed by atoms with Gasteiger partial charge in [-0.05, 0) is 30.0 Å². The van der Waals surface area contributed by atoms with E-state index in [0.29, 0.717) is 19.6 Å². The quantitative estimate of drug-likeness (QED) is 0.766. The Hall–Kier alpha value is -1.61. The first-order valence-corrected chi connectivity index (χ1v) is 6.31. The smallest absolute Gasteiger partial charge is 0.310 e. The summed E-state index contributed by atoms with van der Waals surface area (Å²) >= 11 is 0. The van der Waals surface area contributed by atoms with Crippen LogP contribution in [0.3, 0.4) is 0 Å². The fourth-order valence-electron chi connectivity index (χ4n) is 2.00. The molecule has 0 saturated carbocycles. The van der Waals surface area contributed by atoms with Crippen molar-refractivity contribution in [3.05, 3.63) is 41.5 Å². The van der Waals surface area contributed by atoms with Crippen LogP contribution in [0.2, 0.25) is 0 Å². The van der Waals surface area contributed by atoms with Crippen LogP contribution in [0.5, 0.6) is 0 Å². The minimum atomic E-state index is -0.171. The van der Waals surface area contributed by atoms with E-state index in [9.17, 15) is 4.79 Å². The third kappa shape index (κ3) is 3.44. The van der Waals surface area contributed by atoms with E-state index in [1.807, 2.05) is 19.1 Å². The van der Waals surface area contributed by atoms with Gasteiger partial charge in [-0.2, -0.15) is 0 Å². The summed E-state index contributed by atoms with van der Waals surface area (Å²) in [4.78, 5) is 11.3. The van der Waals surface area contributed by atoms with Crippen molar-refractivity contribution in [2.24, 2.45) is 0 Å². The zero-order valence-electron chi connectivity index (χ0n) is 10.6. The van der Waals surface area contributed by atoms with Crippen molar-refractivity contribution < 1.29 is 14.3 Å². The highest BCUT2D eigenvalue weighted by atomic mass is 16.5. The summed E-state index contributed by atoms with van der Waals surface area (Å²) in [5, 5.41) is 0. The second-order valence-electron chi connectivity index (χ2n) is 4.23. The molecule has 1 heterocycles. The lowest BCUT2D eigenvalue weighted by molar-refractivity contribution is -0.142. The molecule has 1 aromatic carbocycles. The van der Waals surface area contributed by atoms with Gasteiger partial charge in [0.1, 0.15) is 0 Å². The fraction of sp³-hybridized carbons (Fsp3) is 0.400. The maximum Gasteiger partial charge on any atom is 0.310 e. The molecule has 0 saturated heterocycles. The Bertz CT molecular complexity index is 432. The Morgan fingerprint density at radius 3 is 2.72 bits per heavy atom. The van der Waals surface area contributed by atoms with E-state index in [4.69, 9.17) is 9.47 Å². The third-order valence-corrected chi connectivity index (χ3v) is 2.94. The van der Waals surface area contributed by atoms with E-state index in [-0.39, 0.29) is 5.97 Å². The number of hydrogen-bond donors (Lipinski definition) is 0. The van der Waals surface area contributed by atoms with Crippen LogP contribution in [0, 0.1) is 0 Å². The molecule has 1 aliphatic rings. The van der Waals surface area contributed by atoms with Gasteiger partial charge >= 0.3 is 5.97 Å². The van der Waals surface area contributed by atoms with Crippen molar-refractivity contribution in [1.29, 1.82) is 0 Å². The summed E-state index contributed by atoms with van der Waals surface area (Å²) in [6.07, 6.45) is 3.41. The second kappa shape index (κ2) is 6.36. The monoisotopic (exact) mass is 246 g/mol. The van der Waals surface area contributed by atoms with Crippen molar-refractivity contribution in [3.63, 3.8) is 0 Å². The largest absolute Gasteiger partial charge is 0.466 e. The minimum Gasteiger partial charge on any atom is -0.466 e. The summed E-state index contributed by atoms with van der Waals surface area (Å²) in [6, 6.07) is 8.10. The standard InChI is InChI=1S/C15H18O3/c1-2-18-15(16)11-12-3-5-13(6-4-12)14-7-9-17-10-8-14/h3-7H,2,8-11H2,1H3. The molecule has 0 aliphatic carbocycles. The Balaban J connectivity index is 2.01. The number of carbonyl (C=O) groups excluding carboxylic acids is 1. The Labute approximate surface area is 107 Å². The van der Waals surface area contributed by atoms with Crippen molar-refractivity contribution >= 4 is 11.5 Å². The molecule has 18 heavy (non-hydrogen) atoms. The second-order valence-corrected chi connectivity index (χ2v) is 4.23. The molecule has 0 bridgehead atoms. The van der Waals surface area contributed by atoms with Crippen LogP contribution < -0.4 is 0 Å². The zero-order valence-corrected chi connectivity index (χ0v) is 10.6. The molecule has 96 valence electrons. The van der Waals surface area contributed by atoms with Crippen LogP contribution in [-0.4, -0.2) is 25.8 Å². The molecule has 3 heteroatoms. The van der Waals surface area contributed by atoms with Crippen molar-refractivity contribution in [3.8, 4) is 0 Å². The molecular formula is C15H18O3.